The summed E-state index contributed by atoms with van der Waals surface area (Å²) in [5, 5.41) is 24.3. The molecular formula is C4H9BO5. The number of hydrogen-bond donors (Lipinski definition) is 3. The number of aliphatic carboxylic acids is 1. The first-order chi connectivity index (χ1) is 4.63. The molecule has 0 spiro atoms. The molecule has 0 aromatic heterocycles. The van der Waals surface area contributed by atoms with Crippen LogP contribution in [-0.2, 0) is 9.45 Å². The zero-order valence-electron chi connectivity index (χ0n) is 5.36. The summed E-state index contributed by atoms with van der Waals surface area (Å²) in [4.78, 5) is 9.86. The van der Waals surface area contributed by atoms with E-state index in [4.69, 9.17) is 15.2 Å². The summed E-state index contributed by atoms with van der Waals surface area (Å²) in [6.45, 7) is 0.0456. The Balaban J connectivity index is 2.98. The Morgan fingerprint density at radius 1 is 1.50 bits per heavy atom. The molecule has 0 aliphatic carbocycles. The van der Waals surface area contributed by atoms with E-state index >= 15 is 0 Å². The Labute approximate surface area is 58.4 Å². The van der Waals surface area contributed by atoms with Crippen molar-refractivity contribution < 1.29 is 24.6 Å². The standard InChI is InChI=1S/C4H9BO5/c6-4(7)2-1-3-10-5(8)9/h8-9H,1-3H2,(H,6,7). The molecular weight excluding hydrogens is 139 g/mol. The summed E-state index contributed by atoms with van der Waals surface area (Å²) < 4.78 is 4.24. The van der Waals surface area contributed by atoms with Gasteiger partial charge in [0, 0.05) is 13.0 Å². The summed E-state index contributed by atoms with van der Waals surface area (Å²) in [5.74, 6) is -0.920. The highest BCUT2D eigenvalue weighted by atomic mass is 16.6. The largest absolute Gasteiger partial charge is 0.633 e. The predicted molar refractivity (Wildman–Crippen MR) is 33.0 cm³/mol. The van der Waals surface area contributed by atoms with Gasteiger partial charge in [-0.15, -0.1) is 0 Å². The second-order valence-corrected chi connectivity index (χ2v) is 1.69. The van der Waals surface area contributed by atoms with E-state index < -0.39 is 13.3 Å². The zero-order valence-corrected chi connectivity index (χ0v) is 5.36. The van der Waals surface area contributed by atoms with Crippen molar-refractivity contribution in [3.8, 4) is 0 Å². The van der Waals surface area contributed by atoms with Crippen molar-refractivity contribution >= 4 is 13.3 Å². The molecule has 0 bridgehead atoms. The van der Waals surface area contributed by atoms with Gasteiger partial charge in [0.1, 0.15) is 0 Å². The van der Waals surface area contributed by atoms with E-state index in [1.807, 2.05) is 0 Å². The highest BCUT2D eigenvalue weighted by molar-refractivity contribution is 6.32. The lowest BCUT2D eigenvalue weighted by Crippen LogP contribution is -2.17. The fourth-order valence-electron chi connectivity index (χ4n) is 0.412. The quantitative estimate of drug-likeness (QED) is 0.338. The van der Waals surface area contributed by atoms with Gasteiger partial charge in [0.2, 0.25) is 0 Å². The monoisotopic (exact) mass is 148 g/mol. The molecule has 0 heterocycles. The van der Waals surface area contributed by atoms with Crippen molar-refractivity contribution in [2.24, 2.45) is 0 Å². The van der Waals surface area contributed by atoms with Crippen molar-refractivity contribution in [1.82, 2.24) is 0 Å². The zero-order chi connectivity index (χ0) is 7.98. The molecule has 5 nitrogen and oxygen atoms in total. The SMILES string of the molecule is O=C(O)CCCOB(O)O. The van der Waals surface area contributed by atoms with Gasteiger partial charge in [-0.3, -0.25) is 4.79 Å². The molecule has 58 valence electrons. The number of carboxylic acid groups (broad SMARTS) is 1. The fraction of sp³-hybridized carbons (Fsp3) is 0.750. The van der Waals surface area contributed by atoms with Gasteiger partial charge in [-0.25, -0.2) is 0 Å². The predicted octanol–water partition coefficient (Wildman–Crippen LogP) is -1.16. The Bertz CT molecular complexity index is 104. The van der Waals surface area contributed by atoms with Gasteiger partial charge in [0.15, 0.2) is 0 Å². The van der Waals surface area contributed by atoms with Gasteiger partial charge in [0.05, 0.1) is 0 Å². The van der Waals surface area contributed by atoms with Crippen LogP contribution >= 0.6 is 0 Å². The molecule has 3 N–H and O–H groups in total. The summed E-state index contributed by atoms with van der Waals surface area (Å²) in [6.07, 6.45) is 0.264. The van der Waals surface area contributed by atoms with Crippen LogP contribution in [0.5, 0.6) is 0 Å². The lowest BCUT2D eigenvalue weighted by molar-refractivity contribution is -0.137. The second-order valence-electron chi connectivity index (χ2n) is 1.69. The first-order valence-corrected chi connectivity index (χ1v) is 2.82. The van der Waals surface area contributed by atoms with Gasteiger partial charge >= 0.3 is 13.3 Å². The molecule has 0 aromatic carbocycles. The highest BCUT2D eigenvalue weighted by Crippen LogP contribution is 1.89. The molecule has 0 rings (SSSR count). The van der Waals surface area contributed by atoms with Gasteiger partial charge in [0.25, 0.3) is 0 Å². The van der Waals surface area contributed by atoms with Crippen molar-refractivity contribution in [2.75, 3.05) is 6.61 Å². The molecule has 0 saturated heterocycles. The first-order valence-electron chi connectivity index (χ1n) is 2.82. The van der Waals surface area contributed by atoms with Crippen LogP contribution in [0.1, 0.15) is 12.8 Å². The van der Waals surface area contributed by atoms with Crippen molar-refractivity contribution in [3.05, 3.63) is 0 Å². The molecule has 0 saturated carbocycles. The van der Waals surface area contributed by atoms with E-state index in [0.29, 0.717) is 0 Å². The van der Waals surface area contributed by atoms with Crippen molar-refractivity contribution in [2.45, 2.75) is 12.8 Å². The normalized spacial score (nSPS) is 9.40. The summed E-state index contributed by atoms with van der Waals surface area (Å²) >= 11 is 0. The van der Waals surface area contributed by atoms with Gasteiger partial charge in [-0.2, -0.15) is 0 Å². The van der Waals surface area contributed by atoms with Crippen LogP contribution in [0.25, 0.3) is 0 Å². The molecule has 0 aliphatic rings. The molecule has 10 heavy (non-hydrogen) atoms. The molecule has 0 atom stereocenters. The molecule has 0 amide bonds. The molecule has 0 radical (unpaired) electrons. The van der Waals surface area contributed by atoms with Crippen LogP contribution in [0.3, 0.4) is 0 Å². The van der Waals surface area contributed by atoms with Crippen LogP contribution < -0.4 is 0 Å². The number of carbonyl (C=O) groups is 1. The van der Waals surface area contributed by atoms with Gasteiger partial charge in [-0.1, -0.05) is 0 Å². The van der Waals surface area contributed by atoms with Crippen molar-refractivity contribution in [3.63, 3.8) is 0 Å². The lowest BCUT2D eigenvalue weighted by atomic mass is 10.2. The third kappa shape index (κ3) is 7.41. The lowest BCUT2D eigenvalue weighted by Gasteiger charge is -1.98. The maximum Gasteiger partial charge on any atom is 0.633 e. The van der Waals surface area contributed by atoms with Crippen LogP contribution in [0.2, 0.25) is 0 Å². The van der Waals surface area contributed by atoms with E-state index in [9.17, 15) is 4.79 Å². The highest BCUT2D eigenvalue weighted by Gasteiger charge is 2.07. The molecule has 6 heteroatoms. The topological polar surface area (TPSA) is 87.0 Å². The first kappa shape index (κ1) is 9.41. The summed E-state index contributed by atoms with van der Waals surface area (Å²) in [7, 11) is -1.80. The number of hydrogen-bond acceptors (Lipinski definition) is 4. The van der Waals surface area contributed by atoms with Crippen molar-refractivity contribution in [1.29, 1.82) is 0 Å². The minimum Gasteiger partial charge on any atom is -0.481 e. The molecule has 0 fully saturated rings. The van der Waals surface area contributed by atoms with Crippen LogP contribution in [0.4, 0.5) is 0 Å². The minimum atomic E-state index is -1.80. The van der Waals surface area contributed by atoms with E-state index in [1.54, 1.807) is 0 Å². The Morgan fingerprint density at radius 3 is 2.50 bits per heavy atom. The van der Waals surface area contributed by atoms with E-state index in [1.165, 1.54) is 0 Å². The van der Waals surface area contributed by atoms with Crippen LogP contribution in [-0.4, -0.2) is 35.1 Å². The second kappa shape index (κ2) is 5.22. The summed E-state index contributed by atoms with van der Waals surface area (Å²) in [5.41, 5.74) is 0. The maximum atomic E-state index is 9.86. The number of rotatable bonds is 5. The average molecular weight is 148 g/mol. The smallest absolute Gasteiger partial charge is 0.481 e. The minimum absolute atomic E-state index is 0.0211. The maximum absolute atomic E-state index is 9.86. The van der Waals surface area contributed by atoms with Gasteiger partial charge in [-0.05, 0) is 6.42 Å². The van der Waals surface area contributed by atoms with E-state index in [2.05, 4.69) is 4.65 Å². The van der Waals surface area contributed by atoms with Crippen LogP contribution in [0, 0.1) is 0 Å². The van der Waals surface area contributed by atoms with Gasteiger partial charge < -0.3 is 19.8 Å². The Morgan fingerprint density at radius 2 is 2.10 bits per heavy atom. The molecule has 0 aromatic rings. The van der Waals surface area contributed by atoms with Crippen LogP contribution in [0.15, 0.2) is 0 Å². The van der Waals surface area contributed by atoms with E-state index in [0.717, 1.165) is 0 Å². The van der Waals surface area contributed by atoms with E-state index in [-0.39, 0.29) is 19.4 Å². The third-order valence-corrected chi connectivity index (χ3v) is 0.802. The third-order valence-electron chi connectivity index (χ3n) is 0.802. The molecule has 0 unspecified atom stereocenters. The number of carboxylic acids is 1. The summed E-state index contributed by atoms with van der Waals surface area (Å²) in [6, 6.07) is 0. The Hall–Kier alpha value is -0.585. The molecule has 0 aliphatic heterocycles. The Kier molecular flexibility index (Phi) is 4.91. The fourth-order valence-corrected chi connectivity index (χ4v) is 0.412. The average Bonchev–Trinajstić information content (AvgIpc) is 1.79.